The fourth-order valence-corrected chi connectivity index (χ4v) is 2.54. The summed E-state index contributed by atoms with van der Waals surface area (Å²) in [6, 6.07) is 6.75. The molecule has 1 aromatic rings. The molecule has 108 valence electrons. The zero-order valence-electron chi connectivity index (χ0n) is 13.2. The average molecular weight is 262 g/mol. The first kappa shape index (κ1) is 16.2. The van der Waals surface area contributed by atoms with Crippen LogP contribution in [0.5, 0.6) is 0 Å². The van der Waals surface area contributed by atoms with Crippen LogP contribution in [0.2, 0.25) is 0 Å². The van der Waals surface area contributed by atoms with Crippen molar-refractivity contribution >= 4 is 0 Å². The molecule has 0 aliphatic heterocycles. The van der Waals surface area contributed by atoms with Gasteiger partial charge in [0.2, 0.25) is 0 Å². The molecule has 0 heterocycles. The highest BCUT2D eigenvalue weighted by molar-refractivity contribution is 5.35. The van der Waals surface area contributed by atoms with E-state index in [1.54, 1.807) is 0 Å². The Labute approximate surface area is 118 Å². The Morgan fingerprint density at radius 3 is 2.53 bits per heavy atom. The maximum atomic E-state index is 5.64. The lowest BCUT2D eigenvalue weighted by Gasteiger charge is -2.28. The molecule has 0 bridgehead atoms. The van der Waals surface area contributed by atoms with E-state index in [1.165, 1.54) is 16.7 Å². The molecule has 1 unspecified atom stereocenters. The topological polar surface area (TPSA) is 38.0 Å². The van der Waals surface area contributed by atoms with Crippen LogP contribution < -0.4 is 11.1 Å². The summed E-state index contributed by atoms with van der Waals surface area (Å²) in [5.74, 6) is 0.608. The molecule has 0 spiro atoms. The van der Waals surface area contributed by atoms with Crippen molar-refractivity contribution in [1.29, 1.82) is 0 Å². The van der Waals surface area contributed by atoms with Crippen molar-refractivity contribution in [2.24, 2.45) is 11.7 Å². The van der Waals surface area contributed by atoms with Gasteiger partial charge in [-0.05, 0) is 50.4 Å². The Morgan fingerprint density at radius 1 is 1.26 bits per heavy atom. The molecule has 0 radical (unpaired) electrons. The highest BCUT2D eigenvalue weighted by Gasteiger charge is 2.21. The van der Waals surface area contributed by atoms with E-state index in [-0.39, 0.29) is 5.41 Å². The minimum absolute atomic E-state index is 0.170. The minimum Gasteiger partial charge on any atom is -0.330 e. The Balaban J connectivity index is 2.55. The van der Waals surface area contributed by atoms with E-state index in [2.05, 4.69) is 58.1 Å². The third kappa shape index (κ3) is 4.96. The Bertz CT molecular complexity index is 396. The Hall–Kier alpha value is -0.860. The monoisotopic (exact) mass is 262 g/mol. The number of hydrogen-bond acceptors (Lipinski definition) is 2. The van der Waals surface area contributed by atoms with Crippen molar-refractivity contribution in [2.75, 3.05) is 19.6 Å². The summed E-state index contributed by atoms with van der Waals surface area (Å²) in [4.78, 5) is 0. The van der Waals surface area contributed by atoms with Gasteiger partial charge >= 0.3 is 0 Å². The molecule has 0 amide bonds. The van der Waals surface area contributed by atoms with Crippen molar-refractivity contribution < 1.29 is 0 Å². The van der Waals surface area contributed by atoms with Crippen molar-refractivity contribution in [3.8, 4) is 0 Å². The van der Waals surface area contributed by atoms with E-state index in [0.29, 0.717) is 5.92 Å². The van der Waals surface area contributed by atoms with E-state index in [9.17, 15) is 0 Å². The van der Waals surface area contributed by atoms with Gasteiger partial charge in [0.1, 0.15) is 0 Å². The summed E-state index contributed by atoms with van der Waals surface area (Å²) in [5, 5.41) is 3.58. The maximum absolute atomic E-state index is 5.64. The second-order valence-corrected chi connectivity index (χ2v) is 6.51. The smallest absolute Gasteiger partial charge is 0.00432 e. The number of aryl methyl sites for hydroxylation is 2. The lowest BCUT2D eigenvalue weighted by atomic mass is 9.81. The second-order valence-electron chi connectivity index (χ2n) is 6.51. The summed E-state index contributed by atoms with van der Waals surface area (Å²) in [5.41, 5.74) is 9.98. The van der Waals surface area contributed by atoms with Gasteiger partial charge < -0.3 is 11.1 Å². The van der Waals surface area contributed by atoms with E-state index in [4.69, 9.17) is 5.73 Å². The number of rotatable bonds is 7. The number of benzene rings is 1. The summed E-state index contributed by atoms with van der Waals surface area (Å²) < 4.78 is 0. The van der Waals surface area contributed by atoms with Crippen LogP contribution in [0.25, 0.3) is 0 Å². The van der Waals surface area contributed by atoms with Crippen LogP contribution in [0.1, 0.15) is 43.9 Å². The van der Waals surface area contributed by atoms with Gasteiger partial charge in [-0.1, -0.05) is 44.5 Å². The number of nitrogens with two attached hydrogens (primary N) is 1. The quantitative estimate of drug-likeness (QED) is 0.741. The molecule has 1 atom stereocenters. The van der Waals surface area contributed by atoms with Crippen molar-refractivity contribution in [1.82, 2.24) is 5.32 Å². The zero-order chi connectivity index (χ0) is 14.5. The molecule has 2 heteroatoms. The normalized spacial score (nSPS) is 13.6. The molecule has 0 aliphatic carbocycles. The first-order valence-electron chi connectivity index (χ1n) is 7.35. The molecule has 0 aromatic heterocycles. The fourth-order valence-electron chi connectivity index (χ4n) is 2.54. The maximum Gasteiger partial charge on any atom is 0.00432 e. The molecule has 1 aromatic carbocycles. The van der Waals surface area contributed by atoms with Crippen LogP contribution in [0.3, 0.4) is 0 Å². The van der Waals surface area contributed by atoms with E-state index < -0.39 is 0 Å². The predicted octanol–water partition coefficient (Wildman–Crippen LogP) is 3.16. The molecule has 0 fully saturated rings. The molecule has 3 N–H and O–H groups in total. The van der Waals surface area contributed by atoms with Crippen LogP contribution in [-0.2, 0) is 5.41 Å². The third-order valence-electron chi connectivity index (χ3n) is 3.89. The van der Waals surface area contributed by atoms with Gasteiger partial charge in [-0.3, -0.25) is 0 Å². The Kier molecular flexibility index (Phi) is 6.02. The van der Waals surface area contributed by atoms with E-state index in [0.717, 1.165) is 26.1 Å². The third-order valence-corrected chi connectivity index (χ3v) is 3.89. The minimum atomic E-state index is 0.170. The second kappa shape index (κ2) is 7.06. The molecule has 2 nitrogen and oxygen atoms in total. The number of hydrogen-bond donors (Lipinski definition) is 2. The van der Waals surface area contributed by atoms with Crippen LogP contribution >= 0.6 is 0 Å². The van der Waals surface area contributed by atoms with Gasteiger partial charge in [0, 0.05) is 12.0 Å². The van der Waals surface area contributed by atoms with E-state index in [1.807, 2.05) is 0 Å². The summed E-state index contributed by atoms with van der Waals surface area (Å²) in [6.45, 7) is 14.0. The average Bonchev–Trinajstić information content (AvgIpc) is 2.33. The van der Waals surface area contributed by atoms with Gasteiger partial charge in [0.15, 0.2) is 0 Å². The number of nitrogens with one attached hydrogen (secondary N) is 1. The van der Waals surface area contributed by atoms with Gasteiger partial charge in [0.25, 0.3) is 0 Å². The molecule has 0 saturated carbocycles. The lowest BCUT2D eigenvalue weighted by Crippen LogP contribution is -2.34. The molecule has 0 saturated heterocycles. The van der Waals surface area contributed by atoms with Crippen LogP contribution in [0, 0.1) is 19.8 Å². The van der Waals surface area contributed by atoms with Gasteiger partial charge in [-0.15, -0.1) is 0 Å². The van der Waals surface area contributed by atoms with E-state index >= 15 is 0 Å². The van der Waals surface area contributed by atoms with Gasteiger partial charge in [0.05, 0.1) is 0 Å². The predicted molar refractivity (Wildman–Crippen MR) is 84.6 cm³/mol. The molecule has 19 heavy (non-hydrogen) atoms. The fraction of sp³-hybridized carbons (Fsp3) is 0.647. The summed E-state index contributed by atoms with van der Waals surface area (Å²) in [6.07, 6.45) is 1.15. The van der Waals surface area contributed by atoms with Crippen LogP contribution in [0.15, 0.2) is 18.2 Å². The highest BCUT2D eigenvalue weighted by Crippen LogP contribution is 2.26. The van der Waals surface area contributed by atoms with Crippen molar-refractivity contribution in [3.05, 3.63) is 34.9 Å². The lowest BCUT2D eigenvalue weighted by molar-refractivity contribution is 0.439. The van der Waals surface area contributed by atoms with Crippen molar-refractivity contribution in [2.45, 2.75) is 46.5 Å². The van der Waals surface area contributed by atoms with Gasteiger partial charge in [-0.2, -0.15) is 0 Å². The first-order chi connectivity index (χ1) is 8.86. The molecule has 1 rings (SSSR count). The van der Waals surface area contributed by atoms with Crippen molar-refractivity contribution in [3.63, 3.8) is 0 Å². The zero-order valence-corrected chi connectivity index (χ0v) is 13.2. The Morgan fingerprint density at radius 2 is 1.95 bits per heavy atom. The molecular formula is C17H30N2. The van der Waals surface area contributed by atoms with Crippen LogP contribution in [0.4, 0.5) is 0 Å². The standard InChI is InChI=1S/C17H30N2/c1-13-6-7-16(15(3)10-13)17(4,5)12-19-9-8-14(2)11-18/h6-7,10,14,19H,8-9,11-12,18H2,1-5H3. The summed E-state index contributed by atoms with van der Waals surface area (Å²) >= 11 is 0. The molecular weight excluding hydrogens is 232 g/mol. The largest absolute Gasteiger partial charge is 0.330 e. The molecule has 0 aliphatic rings. The summed E-state index contributed by atoms with van der Waals surface area (Å²) in [7, 11) is 0. The van der Waals surface area contributed by atoms with Gasteiger partial charge in [-0.25, -0.2) is 0 Å². The SMILES string of the molecule is Cc1ccc(C(C)(C)CNCCC(C)CN)c(C)c1. The first-order valence-corrected chi connectivity index (χ1v) is 7.35. The highest BCUT2D eigenvalue weighted by atomic mass is 14.9. The van der Waals surface area contributed by atoms with Crippen LogP contribution in [-0.4, -0.2) is 19.6 Å².